The third-order valence-corrected chi connectivity index (χ3v) is 3.31. The first kappa shape index (κ1) is 13.6. The van der Waals surface area contributed by atoms with Gasteiger partial charge in [-0.15, -0.1) is 0 Å². The smallest absolute Gasteiger partial charge is 0.0521 e. The number of nitrogens with zero attached hydrogens (tertiary/aromatic N) is 2. The highest BCUT2D eigenvalue weighted by Gasteiger charge is 1.98. The van der Waals surface area contributed by atoms with Crippen molar-refractivity contribution in [2.75, 3.05) is 18.6 Å². The molecule has 3 nitrogen and oxygen atoms in total. The van der Waals surface area contributed by atoms with Gasteiger partial charge in [0.05, 0.1) is 5.69 Å². The Hall–Kier alpha value is -0.480. The zero-order chi connectivity index (χ0) is 11.6. The van der Waals surface area contributed by atoms with Gasteiger partial charge >= 0.3 is 0 Å². The van der Waals surface area contributed by atoms with Crippen LogP contribution in [0.25, 0.3) is 0 Å². The van der Waals surface area contributed by atoms with E-state index in [1.165, 1.54) is 30.7 Å². The SMILES string of the molecule is CCn1nccc1CNCCCCCSC. The van der Waals surface area contributed by atoms with Crippen molar-refractivity contribution in [3.63, 3.8) is 0 Å². The maximum absolute atomic E-state index is 4.25. The van der Waals surface area contributed by atoms with Crippen LogP contribution in [0.4, 0.5) is 0 Å². The van der Waals surface area contributed by atoms with Crippen molar-refractivity contribution in [2.24, 2.45) is 0 Å². The van der Waals surface area contributed by atoms with Crippen molar-refractivity contribution in [1.29, 1.82) is 0 Å². The second-order valence-corrected chi connectivity index (χ2v) is 4.85. The second-order valence-electron chi connectivity index (χ2n) is 3.87. The van der Waals surface area contributed by atoms with E-state index in [-0.39, 0.29) is 0 Å². The molecule has 0 amide bonds. The van der Waals surface area contributed by atoms with Crippen molar-refractivity contribution in [3.05, 3.63) is 18.0 Å². The number of hydrogen-bond acceptors (Lipinski definition) is 3. The van der Waals surface area contributed by atoms with E-state index in [1.807, 2.05) is 22.6 Å². The molecule has 1 aromatic heterocycles. The minimum absolute atomic E-state index is 0.941. The Balaban J connectivity index is 2.03. The van der Waals surface area contributed by atoms with Crippen molar-refractivity contribution >= 4 is 11.8 Å². The molecular formula is C12H23N3S. The molecule has 0 unspecified atom stereocenters. The highest BCUT2D eigenvalue weighted by atomic mass is 32.2. The van der Waals surface area contributed by atoms with Crippen molar-refractivity contribution in [1.82, 2.24) is 15.1 Å². The third-order valence-electron chi connectivity index (χ3n) is 2.61. The monoisotopic (exact) mass is 241 g/mol. The summed E-state index contributed by atoms with van der Waals surface area (Å²) in [4.78, 5) is 0. The highest BCUT2D eigenvalue weighted by molar-refractivity contribution is 7.98. The molecule has 0 aromatic carbocycles. The first-order valence-corrected chi connectivity index (χ1v) is 7.48. The Kier molecular flexibility index (Phi) is 7.34. The van der Waals surface area contributed by atoms with E-state index >= 15 is 0 Å². The minimum Gasteiger partial charge on any atom is -0.311 e. The average Bonchev–Trinajstić information content (AvgIpc) is 2.75. The van der Waals surface area contributed by atoms with Gasteiger partial charge in [-0.05, 0) is 44.4 Å². The maximum atomic E-state index is 4.25. The van der Waals surface area contributed by atoms with Gasteiger partial charge in [0.1, 0.15) is 0 Å². The third kappa shape index (κ3) is 5.03. The van der Waals surface area contributed by atoms with Crippen LogP contribution < -0.4 is 5.32 Å². The Morgan fingerprint density at radius 2 is 2.25 bits per heavy atom. The molecule has 0 spiro atoms. The number of aromatic nitrogens is 2. The predicted molar refractivity (Wildman–Crippen MR) is 71.8 cm³/mol. The summed E-state index contributed by atoms with van der Waals surface area (Å²) in [6, 6.07) is 2.09. The number of thioether (sulfide) groups is 1. The normalized spacial score (nSPS) is 10.9. The number of nitrogens with one attached hydrogen (secondary N) is 1. The zero-order valence-corrected chi connectivity index (χ0v) is 11.2. The lowest BCUT2D eigenvalue weighted by Crippen LogP contribution is -2.17. The topological polar surface area (TPSA) is 29.9 Å². The van der Waals surface area contributed by atoms with Gasteiger partial charge in [-0.25, -0.2) is 0 Å². The molecule has 0 aliphatic carbocycles. The standard InChI is InChI=1S/C12H23N3S/c1-3-15-12(7-9-14-15)11-13-8-5-4-6-10-16-2/h7,9,13H,3-6,8,10-11H2,1-2H3. The van der Waals surface area contributed by atoms with E-state index < -0.39 is 0 Å². The summed E-state index contributed by atoms with van der Waals surface area (Å²) in [5, 5.41) is 7.72. The fourth-order valence-electron chi connectivity index (χ4n) is 1.68. The van der Waals surface area contributed by atoms with E-state index in [2.05, 4.69) is 29.7 Å². The molecule has 0 aliphatic rings. The lowest BCUT2D eigenvalue weighted by Gasteiger charge is -2.06. The lowest BCUT2D eigenvalue weighted by molar-refractivity contribution is 0.564. The van der Waals surface area contributed by atoms with Gasteiger partial charge in [0, 0.05) is 19.3 Å². The first-order valence-electron chi connectivity index (χ1n) is 6.08. The molecule has 0 atom stereocenters. The van der Waals surface area contributed by atoms with E-state index in [1.54, 1.807) is 0 Å². The summed E-state index contributed by atoms with van der Waals surface area (Å²) in [5.41, 5.74) is 1.28. The average molecular weight is 241 g/mol. The molecule has 92 valence electrons. The summed E-state index contributed by atoms with van der Waals surface area (Å²) >= 11 is 1.94. The van der Waals surface area contributed by atoms with Gasteiger partial charge in [0.25, 0.3) is 0 Å². The van der Waals surface area contributed by atoms with Crippen LogP contribution in [-0.4, -0.2) is 28.3 Å². The van der Waals surface area contributed by atoms with Crippen LogP contribution >= 0.6 is 11.8 Å². The number of unbranched alkanes of at least 4 members (excludes halogenated alkanes) is 2. The number of aryl methyl sites for hydroxylation is 1. The quantitative estimate of drug-likeness (QED) is 0.674. The molecule has 0 aliphatic heterocycles. The van der Waals surface area contributed by atoms with E-state index in [0.717, 1.165) is 19.6 Å². The molecule has 0 saturated heterocycles. The summed E-state index contributed by atoms with van der Waals surface area (Å²) in [5.74, 6) is 1.29. The van der Waals surface area contributed by atoms with Crippen LogP contribution in [0.15, 0.2) is 12.3 Å². The number of hydrogen-bond donors (Lipinski definition) is 1. The van der Waals surface area contributed by atoms with Gasteiger partial charge in [-0.2, -0.15) is 16.9 Å². The Bertz CT molecular complexity index is 273. The van der Waals surface area contributed by atoms with Crippen LogP contribution in [0.2, 0.25) is 0 Å². The molecule has 4 heteroatoms. The molecule has 0 radical (unpaired) electrons. The van der Waals surface area contributed by atoms with E-state index in [4.69, 9.17) is 0 Å². The minimum atomic E-state index is 0.941. The van der Waals surface area contributed by atoms with Gasteiger partial charge in [0.15, 0.2) is 0 Å². The molecule has 1 N–H and O–H groups in total. The molecule has 0 saturated carbocycles. The summed E-state index contributed by atoms with van der Waals surface area (Å²) < 4.78 is 2.04. The Labute approximate surface area is 103 Å². The summed E-state index contributed by atoms with van der Waals surface area (Å²) in [6.45, 7) is 5.14. The molecule has 1 heterocycles. The molecule has 16 heavy (non-hydrogen) atoms. The van der Waals surface area contributed by atoms with Gasteiger partial charge in [0.2, 0.25) is 0 Å². The van der Waals surface area contributed by atoms with Crippen LogP contribution in [0.3, 0.4) is 0 Å². The largest absolute Gasteiger partial charge is 0.311 e. The van der Waals surface area contributed by atoms with Gasteiger partial charge < -0.3 is 5.32 Å². The Morgan fingerprint density at radius 1 is 1.38 bits per heavy atom. The van der Waals surface area contributed by atoms with Crippen molar-refractivity contribution in [3.8, 4) is 0 Å². The molecule has 0 fully saturated rings. The second kappa shape index (κ2) is 8.65. The van der Waals surface area contributed by atoms with Gasteiger partial charge in [-0.1, -0.05) is 6.42 Å². The predicted octanol–water partition coefficient (Wildman–Crippen LogP) is 2.53. The summed E-state index contributed by atoms with van der Waals surface area (Å²) in [6.07, 6.45) is 8.00. The Morgan fingerprint density at radius 3 is 3.00 bits per heavy atom. The maximum Gasteiger partial charge on any atom is 0.0521 e. The van der Waals surface area contributed by atoms with E-state index in [9.17, 15) is 0 Å². The van der Waals surface area contributed by atoms with Gasteiger partial charge in [-0.3, -0.25) is 4.68 Å². The van der Waals surface area contributed by atoms with Crippen LogP contribution in [0.5, 0.6) is 0 Å². The lowest BCUT2D eigenvalue weighted by atomic mass is 10.2. The summed E-state index contributed by atoms with van der Waals surface area (Å²) in [7, 11) is 0. The van der Waals surface area contributed by atoms with Crippen molar-refractivity contribution in [2.45, 2.75) is 39.3 Å². The zero-order valence-electron chi connectivity index (χ0n) is 10.4. The fraction of sp³-hybridized carbons (Fsp3) is 0.750. The van der Waals surface area contributed by atoms with Crippen LogP contribution in [0, 0.1) is 0 Å². The molecule has 1 rings (SSSR count). The first-order chi connectivity index (χ1) is 7.88. The fourth-order valence-corrected chi connectivity index (χ4v) is 2.18. The van der Waals surface area contributed by atoms with E-state index in [0.29, 0.717) is 0 Å². The molecule has 0 bridgehead atoms. The number of rotatable bonds is 9. The van der Waals surface area contributed by atoms with Crippen LogP contribution in [0.1, 0.15) is 31.9 Å². The van der Waals surface area contributed by atoms with Crippen molar-refractivity contribution < 1.29 is 0 Å². The highest BCUT2D eigenvalue weighted by Crippen LogP contribution is 2.02. The van der Waals surface area contributed by atoms with Crippen LogP contribution in [-0.2, 0) is 13.1 Å². The molecular weight excluding hydrogens is 218 g/mol. The molecule has 1 aromatic rings.